The van der Waals surface area contributed by atoms with Crippen LogP contribution in [0, 0.1) is 0 Å². The Morgan fingerprint density at radius 2 is 2.12 bits per heavy atom. The number of aromatic nitrogens is 1. The summed E-state index contributed by atoms with van der Waals surface area (Å²) in [7, 11) is 2.28. The second-order valence-corrected chi connectivity index (χ2v) is 6.44. The van der Waals surface area contributed by atoms with Crippen molar-refractivity contribution in [2.24, 2.45) is 0 Å². The van der Waals surface area contributed by atoms with Gasteiger partial charge >= 0.3 is 0 Å². The smallest absolute Gasteiger partial charge is 0.184 e. The Morgan fingerprint density at radius 1 is 1.41 bits per heavy atom. The van der Waals surface area contributed by atoms with E-state index in [4.69, 9.17) is 11.6 Å². The molecule has 94 valence electrons. The van der Waals surface area contributed by atoms with Gasteiger partial charge in [0.2, 0.25) is 0 Å². The monoisotopic (exact) mass is 271 g/mol. The van der Waals surface area contributed by atoms with Crippen LogP contribution < -0.4 is 5.32 Å². The molecular formula is C12H18ClN3S. The average molecular weight is 272 g/mol. The molecule has 1 aromatic heterocycles. The van der Waals surface area contributed by atoms with E-state index in [9.17, 15) is 0 Å². The van der Waals surface area contributed by atoms with Crippen LogP contribution in [0.2, 0.25) is 5.15 Å². The largest absolute Gasteiger partial charge is 0.359 e. The lowest BCUT2D eigenvalue weighted by atomic mass is 9.82. The fourth-order valence-corrected chi connectivity index (χ4v) is 4.14. The van der Waals surface area contributed by atoms with E-state index < -0.39 is 0 Å². The number of hydrogen-bond acceptors (Lipinski definition) is 4. The molecule has 2 fully saturated rings. The van der Waals surface area contributed by atoms with Crippen LogP contribution in [0.5, 0.6) is 0 Å². The van der Waals surface area contributed by atoms with Gasteiger partial charge in [0.25, 0.3) is 0 Å². The molecule has 2 saturated heterocycles. The van der Waals surface area contributed by atoms with Crippen LogP contribution in [0.1, 0.15) is 32.1 Å². The lowest BCUT2D eigenvalue weighted by molar-refractivity contribution is 0.0608. The van der Waals surface area contributed by atoms with Crippen LogP contribution in [0.4, 0.5) is 5.13 Å². The number of hydrogen-bond donors (Lipinski definition) is 1. The number of nitrogens with zero attached hydrogens (tertiary/aromatic N) is 2. The summed E-state index contributed by atoms with van der Waals surface area (Å²) < 4.78 is 0. The van der Waals surface area contributed by atoms with E-state index in [-0.39, 0.29) is 0 Å². The van der Waals surface area contributed by atoms with Crippen LogP contribution in [-0.2, 0) is 0 Å². The van der Waals surface area contributed by atoms with Gasteiger partial charge in [-0.05, 0) is 32.7 Å². The van der Waals surface area contributed by atoms with Crippen LogP contribution in [0.3, 0.4) is 0 Å². The molecule has 1 aromatic rings. The van der Waals surface area contributed by atoms with Crippen LogP contribution in [0.15, 0.2) is 5.38 Å². The van der Waals surface area contributed by atoms with E-state index in [1.807, 2.05) is 5.38 Å². The van der Waals surface area contributed by atoms with Crippen molar-refractivity contribution in [2.45, 2.75) is 50.2 Å². The van der Waals surface area contributed by atoms with Crippen molar-refractivity contribution in [3.05, 3.63) is 10.5 Å². The highest BCUT2D eigenvalue weighted by molar-refractivity contribution is 7.14. The van der Waals surface area contributed by atoms with Crippen molar-refractivity contribution < 1.29 is 0 Å². The maximum absolute atomic E-state index is 5.85. The minimum Gasteiger partial charge on any atom is -0.359 e. The molecule has 0 radical (unpaired) electrons. The van der Waals surface area contributed by atoms with Crippen molar-refractivity contribution in [2.75, 3.05) is 12.4 Å². The fourth-order valence-electron chi connectivity index (χ4n) is 3.23. The first kappa shape index (κ1) is 11.8. The summed E-state index contributed by atoms with van der Waals surface area (Å²) in [6, 6.07) is 2.09. The predicted octanol–water partition coefficient (Wildman–Crippen LogP) is 3.22. The van der Waals surface area contributed by atoms with E-state index in [0.29, 0.717) is 11.2 Å². The van der Waals surface area contributed by atoms with Crippen LogP contribution >= 0.6 is 22.9 Å². The minimum atomic E-state index is 0.573. The van der Waals surface area contributed by atoms with Crippen LogP contribution in [0.25, 0.3) is 0 Å². The highest BCUT2D eigenvalue weighted by atomic mass is 35.5. The van der Waals surface area contributed by atoms with Gasteiger partial charge in [-0.15, -0.1) is 11.3 Å². The third-order valence-electron chi connectivity index (χ3n) is 4.14. The van der Waals surface area contributed by atoms with Crippen molar-refractivity contribution >= 4 is 28.1 Å². The summed E-state index contributed by atoms with van der Waals surface area (Å²) in [6.45, 7) is 0. The van der Waals surface area contributed by atoms with Gasteiger partial charge in [-0.3, -0.25) is 0 Å². The van der Waals surface area contributed by atoms with E-state index in [1.165, 1.54) is 32.1 Å². The van der Waals surface area contributed by atoms with Gasteiger partial charge in [0.05, 0.1) is 0 Å². The van der Waals surface area contributed by atoms with E-state index in [0.717, 1.165) is 17.2 Å². The zero-order valence-electron chi connectivity index (χ0n) is 10.0. The molecule has 0 amide bonds. The molecule has 3 nitrogen and oxygen atoms in total. The molecule has 0 aromatic carbocycles. The van der Waals surface area contributed by atoms with Crippen molar-refractivity contribution in [1.82, 2.24) is 9.88 Å². The third kappa shape index (κ3) is 2.44. The summed E-state index contributed by atoms with van der Waals surface area (Å²) in [6.07, 6.45) is 6.58. The maximum atomic E-state index is 5.85. The molecule has 0 spiro atoms. The predicted molar refractivity (Wildman–Crippen MR) is 73.0 cm³/mol. The molecule has 0 saturated carbocycles. The lowest BCUT2D eigenvalue weighted by Gasteiger charge is -2.47. The number of halogens is 1. The number of rotatable bonds is 2. The van der Waals surface area contributed by atoms with Gasteiger partial charge in [-0.2, -0.15) is 0 Å². The highest BCUT2D eigenvalue weighted by Crippen LogP contribution is 2.34. The Hall–Kier alpha value is -0.320. The summed E-state index contributed by atoms with van der Waals surface area (Å²) in [5, 5.41) is 7.01. The van der Waals surface area contributed by atoms with Crippen molar-refractivity contribution in [3.63, 3.8) is 0 Å². The van der Waals surface area contributed by atoms with E-state index in [2.05, 4.69) is 22.2 Å². The van der Waals surface area contributed by atoms with Gasteiger partial charge in [0, 0.05) is 23.5 Å². The zero-order valence-corrected chi connectivity index (χ0v) is 11.6. The second kappa shape index (κ2) is 4.75. The summed E-state index contributed by atoms with van der Waals surface area (Å²) in [5.74, 6) is 0. The molecule has 3 rings (SSSR count). The van der Waals surface area contributed by atoms with E-state index >= 15 is 0 Å². The Morgan fingerprint density at radius 3 is 2.71 bits per heavy atom. The molecular weight excluding hydrogens is 254 g/mol. The molecule has 17 heavy (non-hydrogen) atoms. The van der Waals surface area contributed by atoms with Crippen molar-refractivity contribution in [3.8, 4) is 0 Å². The standard InChI is InChI=1S/C12H18ClN3S/c1-16-9-3-2-4-10(16)6-8(5-9)14-12-15-11(13)7-17-12/h7-10H,2-6H2,1H3,(H,14,15). The summed E-state index contributed by atoms with van der Waals surface area (Å²) >= 11 is 7.45. The second-order valence-electron chi connectivity index (χ2n) is 5.19. The molecule has 0 aliphatic carbocycles. The third-order valence-corrected chi connectivity index (χ3v) is 5.24. The number of thiazole rings is 1. The van der Waals surface area contributed by atoms with Gasteiger partial charge in [-0.1, -0.05) is 18.0 Å². The quantitative estimate of drug-likeness (QED) is 0.895. The Labute approximate surface area is 111 Å². The summed E-state index contributed by atoms with van der Waals surface area (Å²) in [4.78, 5) is 6.86. The molecule has 3 heterocycles. The minimum absolute atomic E-state index is 0.573. The fraction of sp³-hybridized carbons (Fsp3) is 0.750. The average Bonchev–Trinajstić information content (AvgIpc) is 2.66. The van der Waals surface area contributed by atoms with Crippen molar-refractivity contribution in [1.29, 1.82) is 0 Å². The molecule has 2 aliphatic rings. The first-order chi connectivity index (χ1) is 8.22. The zero-order chi connectivity index (χ0) is 11.8. The maximum Gasteiger partial charge on any atom is 0.184 e. The Kier molecular flexibility index (Phi) is 3.28. The first-order valence-corrected chi connectivity index (χ1v) is 7.57. The number of anilines is 1. The van der Waals surface area contributed by atoms with Gasteiger partial charge in [0.1, 0.15) is 5.15 Å². The number of nitrogens with one attached hydrogen (secondary N) is 1. The van der Waals surface area contributed by atoms with Gasteiger partial charge in [0.15, 0.2) is 5.13 Å². The van der Waals surface area contributed by atoms with Gasteiger partial charge < -0.3 is 10.2 Å². The first-order valence-electron chi connectivity index (χ1n) is 6.32. The molecule has 2 atom stereocenters. The molecule has 2 unspecified atom stereocenters. The van der Waals surface area contributed by atoms with E-state index in [1.54, 1.807) is 11.3 Å². The molecule has 2 bridgehead atoms. The molecule has 5 heteroatoms. The lowest BCUT2D eigenvalue weighted by Crippen LogP contribution is -2.52. The van der Waals surface area contributed by atoms with Gasteiger partial charge in [-0.25, -0.2) is 4.98 Å². The molecule has 2 aliphatic heterocycles. The SMILES string of the molecule is CN1C2CCCC1CC(Nc1nc(Cl)cs1)C2. The Bertz CT molecular complexity index is 381. The highest BCUT2D eigenvalue weighted by Gasteiger charge is 2.36. The summed E-state index contributed by atoms with van der Waals surface area (Å²) in [5.41, 5.74) is 0. The molecule has 1 N–H and O–H groups in total. The number of piperidine rings is 2. The Balaban J connectivity index is 1.66. The normalized spacial score (nSPS) is 33.6. The van der Waals surface area contributed by atoms with Crippen LogP contribution in [-0.4, -0.2) is 35.1 Å². The number of fused-ring (bicyclic) bond motifs is 2. The topological polar surface area (TPSA) is 28.2 Å².